The molecule has 2 nitrogen and oxygen atoms in total. The predicted octanol–water partition coefficient (Wildman–Crippen LogP) is 8.86. The van der Waals surface area contributed by atoms with Gasteiger partial charge in [-0.2, -0.15) is 0 Å². The minimum atomic E-state index is 0.00125. The number of anilines is 3. The van der Waals surface area contributed by atoms with Crippen molar-refractivity contribution in [1.82, 2.24) is 4.90 Å². The molecule has 0 N–H and O–H groups in total. The number of nitrogens with zero attached hydrogens (tertiary/aromatic N) is 2. The molecule has 5 rings (SSSR count). The largest absolute Gasteiger partial charge is 0.310 e. The van der Waals surface area contributed by atoms with Gasteiger partial charge in [-0.25, -0.2) is 0 Å². The molecule has 2 heteroatoms. The molecule has 4 aromatic rings. The summed E-state index contributed by atoms with van der Waals surface area (Å²) < 4.78 is 0. The predicted molar refractivity (Wildman–Crippen MR) is 150 cm³/mol. The molecule has 0 radical (unpaired) electrons. The van der Waals surface area contributed by atoms with E-state index >= 15 is 0 Å². The van der Waals surface area contributed by atoms with Crippen molar-refractivity contribution < 1.29 is 0 Å². The molecule has 4 aromatic carbocycles. The molecule has 0 unspecified atom stereocenters. The third kappa shape index (κ3) is 3.77. The van der Waals surface area contributed by atoms with Crippen LogP contribution < -0.4 is 4.90 Å². The van der Waals surface area contributed by atoms with E-state index in [0.29, 0.717) is 0 Å². The van der Waals surface area contributed by atoms with Gasteiger partial charge in [-0.1, -0.05) is 60.7 Å². The van der Waals surface area contributed by atoms with Gasteiger partial charge in [0.05, 0.1) is 0 Å². The first kappa shape index (κ1) is 23.4. The Kier molecular flexibility index (Phi) is 5.61. The zero-order valence-corrected chi connectivity index (χ0v) is 22.1. The van der Waals surface area contributed by atoms with E-state index in [-0.39, 0.29) is 11.1 Å². The van der Waals surface area contributed by atoms with Crippen LogP contribution in [0.2, 0.25) is 0 Å². The van der Waals surface area contributed by atoms with Gasteiger partial charge in [0.1, 0.15) is 0 Å². The van der Waals surface area contributed by atoms with Gasteiger partial charge in [0.15, 0.2) is 0 Å². The summed E-state index contributed by atoms with van der Waals surface area (Å²) >= 11 is 0. The number of benzene rings is 4. The fourth-order valence-corrected chi connectivity index (χ4v) is 5.66. The molecule has 0 spiro atoms. The van der Waals surface area contributed by atoms with Gasteiger partial charge in [-0.3, -0.25) is 4.90 Å². The lowest BCUT2D eigenvalue weighted by atomic mass is 9.88. The number of hydrogen-bond acceptors (Lipinski definition) is 2. The molecule has 1 aliphatic rings. The average Bonchev–Trinajstić information content (AvgIpc) is 2.98. The fourth-order valence-electron chi connectivity index (χ4n) is 5.66. The summed E-state index contributed by atoms with van der Waals surface area (Å²) in [5.74, 6) is 0. The highest BCUT2D eigenvalue weighted by Gasteiger charge is 2.46. The molecule has 0 fully saturated rings. The quantitative estimate of drug-likeness (QED) is 0.300. The van der Waals surface area contributed by atoms with Crippen molar-refractivity contribution in [3.63, 3.8) is 0 Å². The lowest BCUT2D eigenvalue weighted by Gasteiger charge is -2.37. The third-order valence-electron chi connectivity index (χ3n) is 8.19. The van der Waals surface area contributed by atoms with Crippen molar-refractivity contribution in [2.24, 2.45) is 0 Å². The van der Waals surface area contributed by atoms with E-state index in [9.17, 15) is 0 Å². The van der Waals surface area contributed by atoms with Gasteiger partial charge < -0.3 is 4.90 Å². The van der Waals surface area contributed by atoms with Crippen molar-refractivity contribution >= 4 is 17.1 Å². The Bertz CT molecular complexity index is 1330. The van der Waals surface area contributed by atoms with Crippen LogP contribution in [0.4, 0.5) is 17.1 Å². The SMILES string of the molecule is Cc1ccccc1N(c1ccc(-c2ccc3c(c2)C(C)(C)N(C)C3(C)C)cc1)c1ccccc1C. The molecule has 0 aromatic heterocycles. The van der Waals surface area contributed by atoms with Gasteiger partial charge in [-0.05, 0) is 112 Å². The van der Waals surface area contributed by atoms with Crippen molar-refractivity contribution in [2.45, 2.75) is 52.6 Å². The van der Waals surface area contributed by atoms with Crippen molar-refractivity contribution in [2.75, 3.05) is 11.9 Å². The lowest BCUT2D eigenvalue weighted by Crippen LogP contribution is -2.42. The van der Waals surface area contributed by atoms with E-state index in [1.807, 2.05) is 0 Å². The van der Waals surface area contributed by atoms with Gasteiger partial charge in [0, 0.05) is 28.1 Å². The molecule has 0 bridgehead atoms. The fraction of sp³-hybridized carbons (Fsp3) is 0.273. The van der Waals surface area contributed by atoms with E-state index < -0.39 is 0 Å². The van der Waals surface area contributed by atoms with Crippen LogP contribution in [0.15, 0.2) is 91.0 Å². The highest BCUT2D eigenvalue weighted by molar-refractivity contribution is 5.81. The van der Waals surface area contributed by atoms with Crippen LogP contribution in [0, 0.1) is 13.8 Å². The Labute approximate surface area is 210 Å². The summed E-state index contributed by atoms with van der Waals surface area (Å²) in [6.45, 7) is 13.7. The Morgan fingerprint density at radius 3 is 1.60 bits per heavy atom. The maximum Gasteiger partial charge on any atom is 0.0490 e. The second kappa shape index (κ2) is 8.39. The van der Waals surface area contributed by atoms with Crippen molar-refractivity contribution in [3.05, 3.63) is 113 Å². The second-order valence-electron chi connectivity index (χ2n) is 10.9. The van der Waals surface area contributed by atoms with Crippen LogP contribution in [0.5, 0.6) is 0 Å². The van der Waals surface area contributed by atoms with Crippen LogP contribution >= 0.6 is 0 Å². The molecule has 0 aliphatic carbocycles. The Morgan fingerprint density at radius 2 is 1.06 bits per heavy atom. The molecule has 1 heterocycles. The van der Waals surface area contributed by atoms with E-state index in [1.165, 1.54) is 50.4 Å². The molecule has 178 valence electrons. The Balaban J connectivity index is 1.57. The Morgan fingerprint density at radius 1 is 0.571 bits per heavy atom. The highest BCUT2D eigenvalue weighted by atomic mass is 15.2. The van der Waals surface area contributed by atoms with Crippen LogP contribution in [0.3, 0.4) is 0 Å². The molecule has 0 amide bonds. The highest BCUT2D eigenvalue weighted by Crippen LogP contribution is 2.49. The zero-order valence-electron chi connectivity index (χ0n) is 22.1. The normalized spacial score (nSPS) is 16.2. The number of aryl methyl sites for hydroxylation is 2. The first-order chi connectivity index (χ1) is 16.6. The first-order valence-electron chi connectivity index (χ1n) is 12.5. The summed E-state index contributed by atoms with van der Waals surface area (Å²) in [4.78, 5) is 4.86. The van der Waals surface area contributed by atoms with E-state index in [0.717, 1.165) is 0 Å². The van der Waals surface area contributed by atoms with Gasteiger partial charge in [0.2, 0.25) is 0 Å². The molecular formula is C33H36N2. The van der Waals surface area contributed by atoms with Crippen LogP contribution in [0.25, 0.3) is 11.1 Å². The maximum atomic E-state index is 2.49. The first-order valence-corrected chi connectivity index (χ1v) is 12.5. The topological polar surface area (TPSA) is 6.48 Å². The summed E-state index contributed by atoms with van der Waals surface area (Å²) in [6, 6.07) is 33.3. The van der Waals surface area contributed by atoms with E-state index in [1.54, 1.807) is 0 Å². The monoisotopic (exact) mass is 460 g/mol. The Hall–Kier alpha value is -3.36. The van der Waals surface area contributed by atoms with Crippen LogP contribution in [-0.4, -0.2) is 11.9 Å². The molecule has 0 atom stereocenters. The lowest BCUT2D eigenvalue weighted by molar-refractivity contribution is 0.0730. The average molecular weight is 461 g/mol. The molecule has 1 aliphatic heterocycles. The number of para-hydroxylation sites is 2. The smallest absolute Gasteiger partial charge is 0.0490 e. The number of rotatable bonds is 4. The summed E-state index contributed by atoms with van der Waals surface area (Å²) in [5.41, 5.74) is 11.5. The summed E-state index contributed by atoms with van der Waals surface area (Å²) in [7, 11) is 2.24. The minimum Gasteiger partial charge on any atom is -0.310 e. The van der Waals surface area contributed by atoms with Gasteiger partial charge in [-0.15, -0.1) is 0 Å². The standard InChI is InChI=1S/C33H36N2/c1-23-12-8-10-14-30(23)35(31-15-11-9-13-24(31)2)27-19-16-25(17-20-27)26-18-21-28-29(22-26)33(5,6)34(7)32(28,3)4/h8-22H,1-7H3. The van der Waals surface area contributed by atoms with Crippen molar-refractivity contribution in [3.8, 4) is 11.1 Å². The maximum absolute atomic E-state index is 2.49. The summed E-state index contributed by atoms with van der Waals surface area (Å²) in [6.07, 6.45) is 0. The molecular weight excluding hydrogens is 424 g/mol. The third-order valence-corrected chi connectivity index (χ3v) is 8.19. The molecule has 0 saturated carbocycles. The molecule has 35 heavy (non-hydrogen) atoms. The number of hydrogen-bond donors (Lipinski definition) is 0. The van der Waals surface area contributed by atoms with Gasteiger partial charge >= 0.3 is 0 Å². The van der Waals surface area contributed by atoms with Crippen LogP contribution in [-0.2, 0) is 11.1 Å². The van der Waals surface area contributed by atoms with Crippen molar-refractivity contribution in [1.29, 1.82) is 0 Å². The van der Waals surface area contributed by atoms with Gasteiger partial charge in [0.25, 0.3) is 0 Å². The van der Waals surface area contributed by atoms with E-state index in [2.05, 4.69) is 149 Å². The number of fused-ring (bicyclic) bond motifs is 1. The second-order valence-corrected chi connectivity index (χ2v) is 10.9. The summed E-state index contributed by atoms with van der Waals surface area (Å²) in [5, 5.41) is 0. The van der Waals surface area contributed by atoms with E-state index in [4.69, 9.17) is 0 Å². The zero-order chi connectivity index (χ0) is 25.0. The molecule has 0 saturated heterocycles. The van der Waals surface area contributed by atoms with Crippen LogP contribution in [0.1, 0.15) is 49.9 Å². The minimum absolute atomic E-state index is 0.00125.